The first-order valence-corrected chi connectivity index (χ1v) is 8.70. The highest BCUT2D eigenvalue weighted by atomic mass is 32.1. The molecule has 0 aliphatic heterocycles. The zero-order valence-electron chi connectivity index (χ0n) is 11.9. The Morgan fingerprint density at radius 3 is 2.85 bits per heavy atom. The predicted molar refractivity (Wildman–Crippen MR) is 83.6 cm³/mol. The van der Waals surface area contributed by atoms with Crippen LogP contribution in [0.15, 0.2) is 29.7 Å². The quantitative estimate of drug-likeness (QED) is 0.797. The molecule has 2 atom stereocenters. The first-order valence-electron chi connectivity index (χ1n) is 7.82. The minimum Gasteiger partial charge on any atom is -0.348 e. The molecule has 1 saturated carbocycles. The van der Waals surface area contributed by atoms with Crippen molar-refractivity contribution < 1.29 is 4.79 Å². The Hall–Kier alpha value is -1.09. The summed E-state index contributed by atoms with van der Waals surface area (Å²) in [6, 6.07) is 4.51. The van der Waals surface area contributed by atoms with Gasteiger partial charge in [0.1, 0.15) is 0 Å². The predicted octanol–water partition coefficient (Wildman–Crippen LogP) is 4.45. The molecule has 20 heavy (non-hydrogen) atoms. The highest BCUT2D eigenvalue weighted by Crippen LogP contribution is 2.37. The van der Waals surface area contributed by atoms with E-state index in [1.165, 1.54) is 30.6 Å². The van der Waals surface area contributed by atoms with E-state index in [-0.39, 0.29) is 11.9 Å². The van der Waals surface area contributed by atoms with Gasteiger partial charge in [0.05, 0.1) is 6.04 Å². The number of rotatable bonds is 5. The van der Waals surface area contributed by atoms with E-state index in [1.54, 1.807) is 11.3 Å². The van der Waals surface area contributed by atoms with Crippen LogP contribution in [0.3, 0.4) is 0 Å². The average molecular weight is 289 g/mol. The summed E-state index contributed by atoms with van der Waals surface area (Å²) in [5, 5.41) is 5.44. The van der Waals surface area contributed by atoms with E-state index in [2.05, 4.69) is 35.0 Å². The molecule has 2 aliphatic carbocycles. The van der Waals surface area contributed by atoms with Crippen molar-refractivity contribution in [2.24, 2.45) is 11.8 Å². The summed E-state index contributed by atoms with van der Waals surface area (Å²) in [6.45, 7) is 0. The fraction of sp³-hybridized carbons (Fsp3) is 0.588. The summed E-state index contributed by atoms with van der Waals surface area (Å²) < 4.78 is 0. The molecule has 0 bridgehead atoms. The fourth-order valence-electron chi connectivity index (χ4n) is 3.52. The van der Waals surface area contributed by atoms with Gasteiger partial charge in [-0.3, -0.25) is 4.79 Å². The minimum atomic E-state index is 0.229. The zero-order valence-corrected chi connectivity index (χ0v) is 12.7. The van der Waals surface area contributed by atoms with Crippen LogP contribution in [0.1, 0.15) is 55.9 Å². The van der Waals surface area contributed by atoms with Crippen molar-refractivity contribution >= 4 is 17.2 Å². The van der Waals surface area contributed by atoms with Gasteiger partial charge in [0.15, 0.2) is 0 Å². The van der Waals surface area contributed by atoms with Crippen molar-refractivity contribution in [2.75, 3.05) is 0 Å². The van der Waals surface area contributed by atoms with Gasteiger partial charge in [-0.25, -0.2) is 0 Å². The van der Waals surface area contributed by atoms with Crippen molar-refractivity contribution in [2.45, 2.75) is 51.0 Å². The summed E-state index contributed by atoms with van der Waals surface area (Å²) in [5.41, 5.74) is 0. The maximum atomic E-state index is 12.3. The number of hydrogen-bond acceptors (Lipinski definition) is 2. The second-order valence-corrected chi connectivity index (χ2v) is 7.05. The lowest BCUT2D eigenvalue weighted by Crippen LogP contribution is -2.33. The smallest absolute Gasteiger partial charge is 0.221 e. The van der Waals surface area contributed by atoms with Crippen LogP contribution in [-0.2, 0) is 4.79 Å². The summed E-state index contributed by atoms with van der Waals surface area (Å²) in [5.74, 6) is 1.33. The lowest BCUT2D eigenvalue weighted by atomic mass is 9.96. The summed E-state index contributed by atoms with van der Waals surface area (Å²) >= 11 is 1.77. The highest BCUT2D eigenvalue weighted by molar-refractivity contribution is 7.10. The Morgan fingerprint density at radius 2 is 2.20 bits per heavy atom. The number of amides is 1. The van der Waals surface area contributed by atoms with Crippen LogP contribution in [0.2, 0.25) is 0 Å². The number of carbonyl (C=O) groups excluding carboxylic acids is 1. The molecule has 0 radical (unpaired) electrons. The number of carbonyl (C=O) groups is 1. The third-order valence-corrected chi connectivity index (χ3v) is 5.55. The van der Waals surface area contributed by atoms with Crippen LogP contribution in [0.25, 0.3) is 0 Å². The van der Waals surface area contributed by atoms with Crippen molar-refractivity contribution in [1.82, 2.24) is 5.32 Å². The molecule has 2 nitrogen and oxygen atoms in total. The van der Waals surface area contributed by atoms with E-state index in [0.29, 0.717) is 18.3 Å². The molecule has 1 fully saturated rings. The average Bonchev–Trinajstić information content (AvgIpc) is 3.18. The van der Waals surface area contributed by atoms with Gasteiger partial charge in [0, 0.05) is 11.3 Å². The second-order valence-electron chi connectivity index (χ2n) is 6.07. The molecule has 0 aromatic carbocycles. The zero-order chi connectivity index (χ0) is 13.8. The van der Waals surface area contributed by atoms with E-state index < -0.39 is 0 Å². The molecule has 1 amide bonds. The van der Waals surface area contributed by atoms with Gasteiger partial charge >= 0.3 is 0 Å². The molecule has 0 spiro atoms. The minimum absolute atomic E-state index is 0.229. The number of nitrogens with one attached hydrogen (secondary N) is 1. The van der Waals surface area contributed by atoms with E-state index in [9.17, 15) is 4.79 Å². The third-order valence-electron chi connectivity index (χ3n) is 4.60. The molecule has 2 aliphatic rings. The normalized spacial score (nSPS) is 24.1. The van der Waals surface area contributed by atoms with Crippen molar-refractivity contribution in [3.63, 3.8) is 0 Å². The van der Waals surface area contributed by atoms with Gasteiger partial charge in [-0.15, -0.1) is 11.3 Å². The van der Waals surface area contributed by atoms with E-state index in [1.807, 2.05) is 0 Å². The van der Waals surface area contributed by atoms with Crippen molar-refractivity contribution in [3.8, 4) is 0 Å². The molecule has 1 heterocycles. The molecule has 1 N–H and O–H groups in total. The first kappa shape index (κ1) is 13.9. The van der Waals surface area contributed by atoms with Crippen LogP contribution >= 0.6 is 11.3 Å². The number of allylic oxidation sites excluding steroid dienone is 2. The van der Waals surface area contributed by atoms with Crippen LogP contribution in [0, 0.1) is 11.8 Å². The van der Waals surface area contributed by atoms with Gasteiger partial charge in [-0.1, -0.05) is 31.1 Å². The van der Waals surface area contributed by atoms with Gasteiger partial charge in [0.25, 0.3) is 0 Å². The maximum Gasteiger partial charge on any atom is 0.221 e. The van der Waals surface area contributed by atoms with E-state index >= 15 is 0 Å². The topological polar surface area (TPSA) is 29.1 Å². The van der Waals surface area contributed by atoms with E-state index in [0.717, 1.165) is 12.8 Å². The second kappa shape index (κ2) is 6.57. The van der Waals surface area contributed by atoms with Crippen molar-refractivity contribution in [1.29, 1.82) is 0 Å². The molecular formula is C17H23NOS. The SMILES string of the molecule is O=C(CC1C=CCC1)NC(c1cccs1)C1CCCC1. The summed E-state index contributed by atoms with van der Waals surface area (Å²) in [7, 11) is 0. The molecular weight excluding hydrogens is 266 g/mol. The summed E-state index contributed by atoms with van der Waals surface area (Å²) in [4.78, 5) is 13.6. The third kappa shape index (κ3) is 3.32. The number of thiophene rings is 1. The monoisotopic (exact) mass is 289 g/mol. The Morgan fingerprint density at radius 1 is 1.35 bits per heavy atom. The molecule has 3 heteroatoms. The van der Waals surface area contributed by atoms with Gasteiger partial charge < -0.3 is 5.32 Å². The largest absolute Gasteiger partial charge is 0.348 e. The molecule has 1 aromatic heterocycles. The van der Waals surface area contributed by atoms with Crippen LogP contribution in [0.5, 0.6) is 0 Å². The standard InChI is InChI=1S/C17H23NOS/c19-16(12-13-6-1-2-7-13)18-17(14-8-3-4-9-14)15-10-5-11-20-15/h1,5-6,10-11,13-14,17H,2-4,7-9,12H2,(H,18,19). The van der Waals surface area contributed by atoms with Crippen molar-refractivity contribution in [3.05, 3.63) is 34.5 Å². The number of hydrogen-bond donors (Lipinski definition) is 1. The Labute approximate surface area is 125 Å². The summed E-state index contributed by atoms with van der Waals surface area (Å²) in [6.07, 6.45) is 12.5. The Bertz CT molecular complexity index is 459. The Kier molecular flexibility index (Phi) is 4.56. The van der Waals surface area contributed by atoms with Gasteiger partial charge in [-0.2, -0.15) is 0 Å². The molecule has 108 valence electrons. The van der Waals surface area contributed by atoms with Gasteiger partial charge in [-0.05, 0) is 49.0 Å². The highest BCUT2D eigenvalue weighted by Gasteiger charge is 2.28. The Balaban J connectivity index is 1.63. The molecule has 1 aromatic rings. The lowest BCUT2D eigenvalue weighted by molar-refractivity contribution is -0.122. The van der Waals surface area contributed by atoms with Crippen LogP contribution in [0.4, 0.5) is 0 Å². The maximum absolute atomic E-state index is 12.3. The molecule has 3 rings (SSSR count). The van der Waals surface area contributed by atoms with Crippen LogP contribution < -0.4 is 5.32 Å². The fourth-order valence-corrected chi connectivity index (χ4v) is 4.39. The molecule has 2 unspecified atom stereocenters. The van der Waals surface area contributed by atoms with E-state index in [4.69, 9.17) is 0 Å². The first-order chi connectivity index (χ1) is 9.83. The molecule has 0 saturated heterocycles. The van der Waals surface area contributed by atoms with Gasteiger partial charge in [0.2, 0.25) is 5.91 Å². The lowest BCUT2D eigenvalue weighted by Gasteiger charge is -2.24. The van der Waals surface area contributed by atoms with Crippen LogP contribution in [-0.4, -0.2) is 5.91 Å².